The summed E-state index contributed by atoms with van der Waals surface area (Å²) >= 11 is 0. The van der Waals surface area contributed by atoms with Crippen molar-refractivity contribution in [3.8, 4) is 0 Å². The van der Waals surface area contributed by atoms with E-state index in [1.54, 1.807) is 42.9 Å². The molecular weight excluding hydrogens is 404 g/mol. The molecule has 1 saturated carbocycles. The average molecular weight is 431 g/mol. The lowest BCUT2D eigenvalue weighted by molar-refractivity contribution is -0.154. The molecule has 1 aliphatic carbocycles. The Kier molecular flexibility index (Phi) is 7.17. The van der Waals surface area contributed by atoms with Crippen LogP contribution in [0, 0.1) is 0 Å². The largest absolute Gasteiger partial charge is 0.462 e. The number of carbonyl (C=O) groups excluding carboxylic acids is 2. The maximum atomic E-state index is 13.9. The van der Waals surface area contributed by atoms with Crippen LogP contribution in [0.5, 0.6) is 0 Å². The summed E-state index contributed by atoms with van der Waals surface area (Å²) < 4.78 is 5.83. The van der Waals surface area contributed by atoms with Crippen molar-refractivity contribution >= 4 is 17.7 Å². The first-order valence-electron chi connectivity index (χ1n) is 10.9. The molecule has 0 radical (unpaired) electrons. The van der Waals surface area contributed by atoms with Gasteiger partial charge in [-0.25, -0.2) is 15.0 Å². The fourth-order valence-electron chi connectivity index (χ4n) is 3.98. The SMILES string of the molecule is O=C(OC1CCCCC1)C(C(=O)N(Cc1cncnc1)c1ccccn1)c1ccccc1. The Morgan fingerprint density at radius 3 is 2.38 bits per heavy atom. The van der Waals surface area contributed by atoms with Crippen molar-refractivity contribution in [3.05, 3.63) is 84.6 Å². The highest BCUT2D eigenvalue weighted by atomic mass is 16.5. The van der Waals surface area contributed by atoms with Crippen molar-refractivity contribution < 1.29 is 14.3 Å². The number of nitrogens with zero attached hydrogens (tertiary/aromatic N) is 4. The van der Waals surface area contributed by atoms with Crippen LogP contribution in [-0.2, 0) is 20.9 Å². The summed E-state index contributed by atoms with van der Waals surface area (Å²) in [5, 5.41) is 0. The van der Waals surface area contributed by atoms with Crippen molar-refractivity contribution in [1.29, 1.82) is 0 Å². The van der Waals surface area contributed by atoms with Crippen LogP contribution in [0.15, 0.2) is 73.4 Å². The number of rotatable bonds is 7. The monoisotopic (exact) mass is 430 g/mol. The van der Waals surface area contributed by atoms with Gasteiger partial charge in [0.15, 0.2) is 5.92 Å². The van der Waals surface area contributed by atoms with Crippen molar-refractivity contribution in [2.24, 2.45) is 0 Å². The van der Waals surface area contributed by atoms with E-state index in [-0.39, 0.29) is 18.6 Å². The van der Waals surface area contributed by atoms with Gasteiger partial charge in [-0.3, -0.25) is 14.5 Å². The Bertz CT molecular complexity index is 1010. The summed E-state index contributed by atoms with van der Waals surface area (Å²) in [5.74, 6) is -1.53. The number of pyridine rings is 1. The van der Waals surface area contributed by atoms with Gasteiger partial charge in [-0.1, -0.05) is 42.8 Å². The highest BCUT2D eigenvalue weighted by Gasteiger charge is 2.36. The molecule has 7 nitrogen and oxygen atoms in total. The van der Waals surface area contributed by atoms with Crippen LogP contribution in [0.25, 0.3) is 0 Å². The lowest BCUT2D eigenvalue weighted by Crippen LogP contribution is -2.40. The zero-order valence-corrected chi connectivity index (χ0v) is 17.8. The fourth-order valence-corrected chi connectivity index (χ4v) is 3.98. The Balaban J connectivity index is 1.66. The maximum Gasteiger partial charge on any atom is 0.323 e. The van der Waals surface area contributed by atoms with Crippen molar-refractivity contribution in [1.82, 2.24) is 15.0 Å². The third-order valence-corrected chi connectivity index (χ3v) is 5.60. The minimum Gasteiger partial charge on any atom is -0.462 e. The van der Waals surface area contributed by atoms with Crippen LogP contribution in [-0.4, -0.2) is 32.9 Å². The lowest BCUT2D eigenvalue weighted by Gasteiger charge is -2.28. The Morgan fingerprint density at radius 1 is 0.969 bits per heavy atom. The first kappa shape index (κ1) is 21.6. The first-order chi connectivity index (χ1) is 15.7. The predicted octanol–water partition coefficient (Wildman–Crippen LogP) is 4.06. The summed E-state index contributed by atoms with van der Waals surface area (Å²) in [7, 11) is 0. The number of carbonyl (C=O) groups is 2. The third kappa shape index (κ3) is 5.35. The van der Waals surface area contributed by atoms with Gasteiger partial charge in [-0.05, 0) is 43.4 Å². The highest BCUT2D eigenvalue weighted by Crippen LogP contribution is 2.28. The predicted molar refractivity (Wildman–Crippen MR) is 120 cm³/mol. The molecule has 7 heteroatoms. The number of hydrogen-bond acceptors (Lipinski definition) is 6. The number of aromatic nitrogens is 3. The van der Waals surface area contributed by atoms with Gasteiger partial charge >= 0.3 is 5.97 Å². The van der Waals surface area contributed by atoms with E-state index in [2.05, 4.69) is 15.0 Å². The van der Waals surface area contributed by atoms with E-state index < -0.39 is 11.9 Å². The second kappa shape index (κ2) is 10.6. The number of anilines is 1. The number of ether oxygens (including phenoxy) is 1. The van der Waals surface area contributed by atoms with Crippen molar-refractivity contribution in [2.75, 3.05) is 4.90 Å². The summed E-state index contributed by atoms with van der Waals surface area (Å²) in [6.45, 7) is 0.191. The van der Waals surface area contributed by atoms with Crippen LogP contribution in [0.1, 0.15) is 49.1 Å². The van der Waals surface area contributed by atoms with Gasteiger partial charge in [0.2, 0.25) is 5.91 Å². The van der Waals surface area contributed by atoms with Gasteiger partial charge in [0.25, 0.3) is 0 Å². The standard InChI is InChI=1S/C25H26N4O3/c30-24(29(22-13-7-8-14-28-22)17-19-15-26-18-27-16-19)23(20-9-3-1-4-10-20)25(31)32-21-11-5-2-6-12-21/h1,3-4,7-10,13-16,18,21,23H,2,5-6,11-12,17H2. The quantitative estimate of drug-likeness (QED) is 0.415. The van der Waals surface area contributed by atoms with Crippen LogP contribution < -0.4 is 4.90 Å². The van der Waals surface area contributed by atoms with Crippen LogP contribution in [0.3, 0.4) is 0 Å². The highest BCUT2D eigenvalue weighted by molar-refractivity contribution is 6.10. The Labute approximate surface area is 187 Å². The van der Waals surface area contributed by atoms with Crippen molar-refractivity contribution in [2.45, 2.75) is 50.7 Å². The zero-order chi connectivity index (χ0) is 22.2. The maximum absolute atomic E-state index is 13.9. The molecule has 1 unspecified atom stereocenters. The summed E-state index contributed by atoms with van der Waals surface area (Å²) in [6, 6.07) is 14.4. The second-order valence-electron chi connectivity index (χ2n) is 7.90. The number of benzene rings is 1. The molecule has 2 aromatic heterocycles. The topological polar surface area (TPSA) is 85.3 Å². The van der Waals surface area contributed by atoms with Gasteiger partial charge in [-0.15, -0.1) is 0 Å². The molecule has 1 fully saturated rings. The molecule has 4 rings (SSSR count). The van der Waals surface area contributed by atoms with Crippen LogP contribution >= 0.6 is 0 Å². The molecule has 1 amide bonds. The number of amides is 1. The molecule has 3 aromatic rings. The molecule has 0 bridgehead atoms. The average Bonchev–Trinajstić information content (AvgIpc) is 2.85. The molecule has 32 heavy (non-hydrogen) atoms. The lowest BCUT2D eigenvalue weighted by atomic mass is 9.95. The number of hydrogen-bond donors (Lipinski definition) is 0. The van der Waals surface area contributed by atoms with E-state index >= 15 is 0 Å². The molecule has 0 spiro atoms. The van der Waals surface area contributed by atoms with Gasteiger partial charge < -0.3 is 4.74 Å². The minimum absolute atomic E-state index is 0.138. The van der Waals surface area contributed by atoms with E-state index in [1.807, 2.05) is 24.3 Å². The third-order valence-electron chi connectivity index (χ3n) is 5.60. The molecule has 164 valence electrons. The van der Waals surface area contributed by atoms with E-state index in [9.17, 15) is 9.59 Å². The molecule has 0 N–H and O–H groups in total. The Hall–Kier alpha value is -3.61. The Morgan fingerprint density at radius 2 is 1.69 bits per heavy atom. The van der Waals surface area contributed by atoms with Gasteiger partial charge in [0, 0.05) is 24.2 Å². The second-order valence-corrected chi connectivity index (χ2v) is 7.90. The van der Waals surface area contributed by atoms with E-state index in [0.717, 1.165) is 37.7 Å². The normalized spacial score (nSPS) is 15.0. The summed E-state index contributed by atoms with van der Waals surface area (Å²) in [6.07, 6.45) is 11.1. The van der Waals surface area contributed by atoms with Crippen molar-refractivity contribution in [3.63, 3.8) is 0 Å². The molecule has 0 aliphatic heterocycles. The zero-order valence-electron chi connectivity index (χ0n) is 17.8. The summed E-state index contributed by atoms with van der Waals surface area (Å²) in [5.41, 5.74) is 1.34. The first-order valence-corrected chi connectivity index (χ1v) is 10.9. The molecule has 0 saturated heterocycles. The van der Waals surface area contributed by atoms with Gasteiger partial charge in [-0.2, -0.15) is 0 Å². The van der Waals surface area contributed by atoms with Gasteiger partial charge in [0.05, 0.1) is 6.54 Å². The van der Waals surface area contributed by atoms with E-state index in [0.29, 0.717) is 11.4 Å². The van der Waals surface area contributed by atoms with E-state index in [1.165, 1.54) is 11.2 Å². The molecule has 2 heterocycles. The summed E-state index contributed by atoms with van der Waals surface area (Å²) in [4.78, 5) is 41.2. The molecule has 1 atom stereocenters. The van der Waals surface area contributed by atoms with Crippen LogP contribution in [0.4, 0.5) is 5.82 Å². The smallest absolute Gasteiger partial charge is 0.323 e. The van der Waals surface area contributed by atoms with E-state index in [4.69, 9.17) is 4.74 Å². The minimum atomic E-state index is -1.08. The van der Waals surface area contributed by atoms with Crippen LogP contribution in [0.2, 0.25) is 0 Å². The van der Waals surface area contributed by atoms with Gasteiger partial charge in [0.1, 0.15) is 18.2 Å². The number of esters is 1. The molecule has 1 aliphatic rings. The molecular formula is C25H26N4O3. The fraction of sp³-hybridized carbons (Fsp3) is 0.320. The molecule has 1 aromatic carbocycles.